The number of hydrogen-bond donors (Lipinski definition) is 1. The standard InChI is InChI=1S/C11H14O6/c1-14-11(13)8-3-2-7(17-8)10(12)9-6-15-4-5-16-9/h2-3,9-10,12H,4-6H2,1H3. The van der Waals surface area contributed by atoms with Gasteiger partial charge in [-0.15, -0.1) is 0 Å². The molecule has 0 radical (unpaired) electrons. The minimum Gasteiger partial charge on any atom is -0.463 e. The summed E-state index contributed by atoms with van der Waals surface area (Å²) in [6.45, 7) is 1.26. The summed E-state index contributed by atoms with van der Waals surface area (Å²) in [7, 11) is 1.26. The van der Waals surface area contributed by atoms with E-state index in [0.717, 1.165) is 0 Å². The Balaban J connectivity index is 2.05. The Bertz CT molecular complexity index is 379. The van der Waals surface area contributed by atoms with Gasteiger partial charge >= 0.3 is 5.97 Å². The van der Waals surface area contributed by atoms with Crippen LogP contribution in [0.1, 0.15) is 22.4 Å². The maximum Gasteiger partial charge on any atom is 0.373 e. The molecule has 0 amide bonds. The van der Waals surface area contributed by atoms with E-state index in [1.54, 1.807) is 0 Å². The third-order valence-electron chi connectivity index (χ3n) is 2.50. The fourth-order valence-electron chi connectivity index (χ4n) is 1.59. The maximum absolute atomic E-state index is 11.2. The van der Waals surface area contributed by atoms with E-state index in [9.17, 15) is 9.90 Å². The van der Waals surface area contributed by atoms with E-state index in [2.05, 4.69) is 4.74 Å². The van der Waals surface area contributed by atoms with Crippen LogP contribution in [-0.2, 0) is 14.2 Å². The van der Waals surface area contributed by atoms with Crippen LogP contribution >= 0.6 is 0 Å². The van der Waals surface area contributed by atoms with E-state index in [-0.39, 0.29) is 11.5 Å². The molecule has 2 unspecified atom stereocenters. The quantitative estimate of drug-likeness (QED) is 0.778. The average molecular weight is 242 g/mol. The SMILES string of the molecule is COC(=O)c1ccc(C(O)C2COCCO2)o1. The zero-order valence-electron chi connectivity index (χ0n) is 9.42. The minimum atomic E-state index is -0.950. The first-order chi connectivity index (χ1) is 8.22. The molecule has 1 aromatic rings. The first-order valence-electron chi connectivity index (χ1n) is 5.28. The second-order valence-corrected chi connectivity index (χ2v) is 3.62. The lowest BCUT2D eigenvalue weighted by Crippen LogP contribution is -2.33. The second-order valence-electron chi connectivity index (χ2n) is 3.62. The summed E-state index contributed by atoms with van der Waals surface area (Å²) in [4.78, 5) is 11.2. The molecule has 0 aliphatic carbocycles. The molecule has 0 bridgehead atoms. The van der Waals surface area contributed by atoms with Crippen molar-refractivity contribution in [3.63, 3.8) is 0 Å². The fourth-order valence-corrected chi connectivity index (χ4v) is 1.59. The molecule has 2 atom stereocenters. The van der Waals surface area contributed by atoms with E-state index >= 15 is 0 Å². The highest BCUT2D eigenvalue weighted by atomic mass is 16.6. The van der Waals surface area contributed by atoms with Crippen molar-refractivity contribution in [3.8, 4) is 0 Å². The third kappa shape index (κ3) is 2.66. The topological polar surface area (TPSA) is 78.1 Å². The first kappa shape index (κ1) is 12.1. The Morgan fingerprint density at radius 1 is 1.53 bits per heavy atom. The molecule has 0 spiro atoms. The molecule has 17 heavy (non-hydrogen) atoms. The van der Waals surface area contributed by atoms with Gasteiger partial charge in [0.05, 0.1) is 26.9 Å². The molecule has 6 heteroatoms. The molecule has 94 valence electrons. The zero-order valence-corrected chi connectivity index (χ0v) is 9.42. The minimum absolute atomic E-state index is 0.0540. The summed E-state index contributed by atoms with van der Waals surface area (Å²) in [5.41, 5.74) is 0. The van der Waals surface area contributed by atoms with Crippen LogP contribution in [0.2, 0.25) is 0 Å². The third-order valence-corrected chi connectivity index (χ3v) is 2.50. The number of aliphatic hydroxyl groups excluding tert-OH is 1. The molecule has 1 aromatic heterocycles. The van der Waals surface area contributed by atoms with Crippen molar-refractivity contribution in [2.24, 2.45) is 0 Å². The summed E-state index contributed by atoms with van der Waals surface area (Å²) in [5.74, 6) is -0.261. The second kappa shape index (κ2) is 5.31. The lowest BCUT2D eigenvalue weighted by Gasteiger charge is -2.25. The molecule has 6 nitrogen and oxygen atoms in total. The van der Waals surface area contributed by atoms with Gasteiger partial charge < -0.3 is 23.7 Å². The summed E-state index contributed by atoms with van der Waals surface area (Å²) in [6, 6.07) is 2.98. The number of hydrogen-bond acceptors (Lipinski definition) is 6. The van der Waals surface area contributed by atoms with E-state index < -0.39 is 18.2 Å². The van der Waals surface area contributed by atoms with Crippen molar-refractivity contribution >= 4 is 5.97 Å². The molecule has 0 aromatic carbocycles. The Morgan fingerprint density at radius 2 is 2.35 bits per heavy atom. The number of carbonyl (C=O) groups is 1. The van der Waals surface area contributed by atoms with Gasteiger partial charge in [-0.3, -0.25) is 0 Å². The van der Waals surface area contributed by atoms with Crippen LogP contribution in [0.15, 0.2) is 16.5 Å². The molecular weight excluding hydrogens is 228 g/mol. The number of furan rings is 1. The maximum atomic E-state index is 11.2. The first-order valence-corrected chi connectivity index (χ1v) is 5.28. The van der Waals surface area contributed by atoms with Crippen LogP contribution in [0.25, 0.3) is 0 Å². The van der Waals surface area contributed by atoms with Gasteiger partial charge in [0.25, 0.3) is 0 Å². The van der Waals surface area contributed by atoms with E-state index in [1.807, 2.05) is 0 Å². The predicted molar refractivity (Wildman–Crippen MR) is 55.6 cm³/mol. The lowest BCUT2D eigenvalue weighted by atomic mass is 10.1. The Kier molecular flexibility index (Phi) is 3.78. The Morgan fingerprint density at radius 3 is 3.00 bits per heavy atom. The fraction of sp³-hybridized carbons (Fsp3) is 0.545. The summed E-state index contributed by atoms with van der Waals surface area (Å²) in [6.07, 6.45) is -1.42. The van der Waals surface area contributed by atoms with Crippen LogP contribution in [0.3, 0.4) is 0 Å². The van der Waals surface area contributed by atoms with Crippen molar-refractivity contribution in [1.29, 1.82) is 0 Å². The van der Waals surface area contributed by atoms with E-state index in [4.69, 9.17) is 13.9 Å². The van der Waals surface area contributed by atoms with Gasteiger partial charge in [-0.05, 0) is 12.1 Å². The van der Waals surface area contributed by atoms with Crippen LogP contribution in [-0.4, -0.2) is 44.1 Å². The molecule has 0 saturated carbocycles. The highest BCUT2D eigenvalue weighted by Gasteiger charge is 2.27. The Labute approximate surface area is 98.1 Å². The van der Waals surface area contributed by atoms with Crippen LogP contribution < -0.4 is 0 Å². The van der Waals surface area contributed by atoms with Gasteiger partial charge in [0.15, 0.2) is 0 Å². The smallest absolute Gasteiger partial charge is 0.373 e. The number of rotatable bonds is 3. The highest BCUT2D eigenvalue weighted by Crippen LogP contribution is 2.23. The van der Waals surface area contributed by atoms with Crippen molar-refractivity contribution < 1.29 is 28.5 Å². The van der Waals surface area contributed by atoms with Gasteiger partial charge in [-0.2, -0.15) is 0 Å². The molecule has 1 saturated heterocycles. The largest absolute Gasteiger partial charge is 0.463 e. The zero-order chi connectivity index (χ0) is 12.3. The van der Waals surface area contributed by atoms with Crippen molar-refractivity contribution in [2.45, 2.75) is 12.2 Å². The van der Waals surface area contributed by atoms with Gasteiger partial charge in [0, 0.05) is 0 Å². The number of methoxy groups -OCH3 is 1. The number of carbonyl (C=O) groups excluding carboxylic acids is 1. The monoisotopic (exact) mass is 242 g/mol. The molecule has 1 N–H and O–H groups in total. The molecule has 1 aliphatic rings. The van der Waals surface area contributed by atoms with Gasteiger partial charge in [0.2, 0.25) is 5.76 Å². The Hall–Kier alpha value is -1.37. The van der Waals surface area contributed by atoms with Crippen LogP contribution in [0.4, 0.5) is 0 Å². The van der Waals surface area contributed by atoms with Gasteiger partial charge in [-0.1, -0.05) is 0 Å². The molecule has 2 rings (SSSR count). The highest BCUT2D eigenvalue weighted by molar-refractivity contribution is 5.86. The summed E-state index contributed by atoms with van der Waals surface area (Å²) in [5, 5.41) is 9.96. The molecule has 1 fully saturated rings. The van der Waals surface area contributed by atoms with Crippen molar-refractivity contribution in [2.75, 3.05) is 26.9 Å². The van der Waals surface area contributed by atoms with Crippen molar-refractivity contribution in [3.05, 3.63) is 23.7 Å². The molecule has 1 aliphatic heterocycles. The normalized spacial score (nSPS) is 22.1. The number of aliphatic hydroxyl groups is 1. The summed E-state index contributed by atoms with van der Waals surface area (Å²) < 4.78 is 20.2. The average Bonchev–Trinajstić information content (AvgIpc) is 2.87. The van der Waals surface area contributed by atoms with E-state index in [0.29, 0.717) is 19.8 Å². The lowest BCUT2D eigenvalue weighted by molar-refractivity contribution is -0.137. The van der Waals surface area contributed by atoms with Gasteiger partial charge in [0.1, 0.15) is 18.0 Å². The summed E-state index contributed by atoms with van der Waals surface area (Å²) >= 11 is 0. The number of ether oxygens (including phenoxy) is 3. The predicted octanol–water partition coefficient (Wildman–Crippen LogP) is 0.515. The van der Waals surface area contributed by atoms with Crippen LogP contribution in [0, 0.1) is 0 Å². The molecule has 2 heterocycles. The number of esters is 1. The van der Waals surface area contributed by atoms with Crippen LogP contribution in [0.5, 0.6) is 0 Å². The van der Waals surface area contributed by atoms with Gasteiger partial charge in [-0.25, -0.2) is 4.79 Å². The van der Waals surface area contributed by atoms with Crippen molar-refractivity contribution in [1.82, 2.24) is 0 Å². The van der Waals surface area contributed by atoms with E-state index in [1.165, 1.54) is 19.2 Å². The molecular formula is C11H14O6.